The minimum atomic E-state index is -3.53. The van der Waals surface area contributed by atoms with Crippen molar-refractivity contribution in [2.24, 2.45) is 5.90 Å². The first kappa shape index (κ1) is 15.1. The van der Waals surface area contributed by atoms with Gasteiger partial charge in [-0.15, -0.1) is 0 Å². The molecule has 1 aromatic carbocycles. The number of hydrogen-bond acceptors (Lipinski definition) is 4. The van der Waals surface area contributed by atoms with Crippen LogP contribution in [0.1, 0.15) is 23.6 Å². The maximum atomic E-state index is 12.2. The van der Waals surface area contributed by atoms with Gasteiger partial charge in [0.25, 0.3) is 0 Å². The van der Waals surface area contributed by atoms with Gasteiger partial charge in [0, 0.05) is 6.54 Å². The molecule has 1 aromatic rings. The number of aryl methyl sites for hydroxylation is 3. The Bertz CT molecular complexity index is 503. The number of sulfonamides is 1. The molecule has 0 bridgehead atoms. The molecule has 0 saturated heterocycles. The Balaban J connectivity index is 3.06. The van der Waals surface area contributed by atoms with E-state index in [1.165, 1.54) is 0 Å². The monoisotopic (exact) mass is 272 g/mol. The standard InChI is InChI=1S/C12H20N2O3S/c1-8-5-9(2)12(10(3)6-8)18(15,16)14-7-11(4)17-13/h5-6,11,14H,7,13H2,1-4H3. The summed E-state index contributed by atoms with van der Waals surface area (Å²) in [5.74, 6) is 4.98. The zero-order valence-corrected chi connectivity index (χ0v) is 12.0. The van der Waals surface area contributed by atoms with Gasteiger partial charge < -0.3 is 4.84 Å². The number of nitrogens with two attached hydrogens (primary N) is 1. The molecule has 102 valence electrons. The molecular weight excluding hydrogens is 252 g/mol. The quantitative estimate of drug-likeness (QED) is 0.788. The van der Waals surface area contributed by atoms with Crippen LogP contribution < -0.4 is 10.6 Å². The van der Waals surface area contributed by atoms with E-state index >= 15 is 0 Å². The van der Waals surface area contributed by atoms with E-state index in [9.17, 15) is 8.42 Å². The zero-order valence-electron chi connectivity index (χ0n) is 11.1. The predicted molar refractivity (Wildman–Crippen MR) is 70.6 cm³/mol. The molecule has 1 atom stereocenters. The largest absolute Gasteiger partial charge is 0.300 e. The molecule has 18 heavy (non-hydrogen) atoms. The van der Waals surface area contributed by atoms with E-state index in [0.29, 0.717) is 4.90 Å². The summed E-state index contributed by atoms with van der Waals surface area (Å²) in [6.45, 7) is 7.35. The Hall–Kier alpha value is -0.950. The van der Waals surface area contributed by atoms with Crippen LogP contribution in [0, 0.1) is 20.8 Å². The highest BCUT2D eigenvalue weighted by Gasteiger charge is 2.20. The lowest BCUT2D eigenvalue weighted by atomic mass is 10.1. The van der Waals surface area contributed by atoms with Crippen LogP contribution in [0.25, 0.3) is 0 Å². The smallest absolute Gasteiger partial charge is 0.241 e. The number of hydrogen-bond donors (Lipinski definition) is 2. The average molecular weight is 272 g/mol. The van der Waals surface area contributed by atoms with Gasteiger partial charge in [0.05, 0.1) is 11.0 Å². The summed E-state index contributed by atoms with van der Waals surface area (Å²) in [6, 6.07) is 3.70. The van der Waals surface area contributed by atoms with Crippen LogP contribution in [-0.4, -0.2) is 21.1 Å². The minimum Gasteiger partial charge on any atom is -0.300 e. The zero-order chi connectivity index (χ0) is 13.9. The third kappa shape index (κ3) is 3.52. The van der Waals surface area contributed by atoms with Crippen LogP contribution in [0.3, 0.4) is 0 Å². The lowest BCUT2D eigenvalue weighted by Crippen LogP contribution is -2.34. The Morgan fingerprint density at radius 3 is 2.22 bits per heavy atom. The SMILES string of the molecule is Cc1cc(C)c(S(=O)(=O)NCC(C)ON)c(C)c1. The van der Waals surface area contributed by atoms with Gasteiger partial charge in [-0.3, -0.25) is 0 Å². The predicted octanol–water partition coefficient (Wildman–Crippen LogP) is 1.17. The molecule has 1 rings (SSSR count). The highest BCUT2D eigenvalue weighted by Crippen LogP contribution is 2.21. The van der Waals surface area contributed by atoms with Crippen LogP contribution in [0.4, 0.5) is 0 Å². The lowest BCUT2D eigenvalue weighted by Gasteiger charge is -2.14. The summed E-state index contributed by atoms with van der Waals surface area (Å²) < 4.78 is 26.9. The molecule has 0 saturated carbocycles. The molecule has 0 aliphatic rings. The molecule has 0 aliphatic heterocycles. The normalized spacial score (nSPS) is 13.6. The summed E-state index contributed by atoms with van der Waals surface area (Å²) >= 11 is 0. The fourth-order valence-corrected chi connectivity index (χ4v) is 3.50. The van der Waals surface area contributed by atoms with Gasteiger partial charge >= 0.3 is 0 Å². The van der Waals surface area contributed by atoms with Crippen LogP contribution in [0.15, 0.2) is 17.0 Å². The van der Waals surface area contributed by atoms with Gasteiger partial charge in [0.1, 0.15) is 0 Å². The molecule has 5 nitrogen and oxygen atoms in total. The maximum Gasteiger partial charge on any atom is 0.241 e. The fraction of sp³-hybridized carbons (Fsp3) is 0.500. The van der Waals surface area contributed by atoms with E-state index in [2.05, 4.69) is 9.56 Å². The van der Waals surface area contributed by atoms with E-state index in [1.807, 2.05) is 19.1 Å². The van der Waals surface area contributed by atoms with Crippen molar-refractivity contribution in [3.05, 3.63) is 28.8 Å². The van der Waals surface area contributed by atoms with Crippen molar-refractivity contribution >= 4 is 10.0 Å². The van der Waals surface area contributed by atoms with Crippen molar-refractivity contribution in [2.45, 2.75) is 38.7 Å². The van der Waals surface area contributed by atoms with Gasteiger partial charge in [-0.25, -0.2) is 19.0 Å². The number of nitrogens with one attached hydrogen (secondary N) is 1. The van der Waals surface area contributed by atoms with Crippen molar-refractivity contribution < 1.29 is 13.3 Å². The molecule has 0 aromatic heterocycles. The van der Waals surface area contributed by atoms with E-state index in [-0.39, 0.29) is 12.6 Å². The van der Waals surface area contributed by atoms with Crippen LogP contribution in [-0.2, 0) is 14.9 Å². The maximum absolute atomic E-state index is 12.2. The summed E-state index contributed by atoms with van der Waals surface area (Å²) in [6.07, 6.45) is -0.370. The van der Waals surface area contributed by atoms with Gasteiger partial charge in [0.15, 0.2) is 0 Å². The molecule has 0 spiro atoms. The summed E-state index contributed by atoms with van der Waals surface area (Å²) in [5.41, 5.74) is 2.52. The van der Waals surface area contributed by atoms with Crippen molar-refractivity contribution in [3.8, 4) is 0 Å². The lowest BCUT2D eigenvalue weighted by molar-refractivity contribution is 0.0702. The van der Waals surface area contributed by atoms with E-state index in [0.717, 1.165) is 16.7 Å². The molecule has 0 heterocycles. The Morgan fingerprint density at radius 2 is 1.78 bits per heavy atom. The minimum absolute atomic E-state index is 0.144. The van der Waals surface area contributed by atoms with Crippen LogP contribution >= 0.6 is 0 Å². The molecule has 1 unspecified atom stereocenters. The van der Waals surface area contributed by atoms with Gasteiger partial charge in [-0.1, -0.05) is 17.7 Å². The van der Waals surface area contributed by atoms with Gasteiger partial charge in [-0.2, -0.15) is 0 Å². The summed E-state index contributed by atoms with van der Waals surface area (Å²) in [4.78, 5) is 4.86. The van der Waals surface area contributed by atoms with Gasteiger partial charge in [-0.05, 0) is 38.8 Å². The molecule has 0 radical (unpaired) electrons. The second kappa shape index (κ2) is 5.79. The first-order valence-electron chi connectivity index (χ1n) is 5.71. The summed E-state index contributed by atoms with van der Waals surface area (Å²) in [5, 5.41) is 0. The third-order valence-electron chi connectivity index (χ3n) is 2.67. The number of rotatable bonds is 5. The van der Waals surface area contributed by atoms with Gasteiger partial charge in [0.2, 0.25) is 10.0 Å². The first-order valence-corrected chi connectivity index (χ1v) is 7.19. The molecule has 0 aliphatic carbocycles. The topological polar surface area (TPSA) is 81.4 Å². The molecule has 6 heteroatoms. The number of benzene rings is 1. The van der Waals surface area contributed by atoms with Crippen molar-refractivity contribution in [1.29, 1.82) is 0 Å². The summed E-state index contributed by atoms with van der Waals surface area (Å²) in [7, 11) is -3.53. The Morgan fingerprint density at radius 1 is 1.28 bits per heavy atom. The first-order chi connectivity index (χ1) is 8.27. The molecule has 3 N–H and O–H groups in total. The van der Waals surface area contributed by atoms with E-state index < -0.39 is 10.0 Å². The highest BCUT2D eigenvalue weighted by atomic mass is 32.2. The molecule has 0 amide bonds. The highest BCUT2D eigenvalue weighted by molar-refractivity contribution is 7.89. The van der Waals surface area contributed by atoms with Crippen LogP contribution in [0.5, 0.6) is 0 Å². The van der Waals surface area contributed by atoms with Crippen molar-refractivity contribution in [2.75, 3.05) is 6.54 Å². The fourth-order valence-electron chi connectivity index (χ4n) is 1.94. The van der Waals surface area contributed by atoms with Crippen LogP contribution in [0.2, 0.25) is 0 Å². The molecular formula is C12H20N2O3S. The van der Waals surface area contributed by atoms with Crippen molar-refractivity contribution in [3.63, 3.8) is 0 Å². The second-order valence-corrected chi connectivity index (χ2v) is 6.23. The third-order valence-corrected chi connectivity index (χ3v) is 4.39. The van der Waals surface area contributed by atoms with Crippen molar-refractivity contribution in [1.82, 2.24) is 4.72 Å². The second-order valence-electron chi connectivity index (χ2n) is 4.53. The average Bonchev–Trinajstić information content (AvgIpc) is 2.24. The van der Waals surface area contributed by atoms with E-state index in [1.54, 1.807) is 20.8 Å². The molecule has 0 fully saturated rings. The van der Waals surface area contributed by atoms with E-state index in [4.69, 9.17) is 5.90 Å². The Labute approximate surface area is 108 Å². The Kier molecular flexibility index (Phi) is 4.86.